The van der Waals surface area contributed by atoms with Crippen molar-refractivity contribution in [2.75, 3.05) is 0 Å². The summed E-state index contributed by atoms with van der Waals surface area (Å²) in [7, 11) is 2.67. The number of hydrogen-bond acceptors (Lipinski definition) is 3. The van der Waals surface area contributed by atoms with Gasteiger partial charge in [0.05, 0.1) is 18.8 Å². The maximum absolute atomic E-state index is 8.59. The highest BCUT2D eigenvalue weighted by Crippen LogP contribution is 2.16. The Morgan fingerprint density at radius 3 is 1.88 bits per heavy atom. The second-order valence-electron chi connectivity index (χ2n) is 3.29. The molecule has 0 aromatic rings. The van der Waals surface area contributed by atoms with E-state index in [9.17, 15) is 0 Å². The van der Waals surface area contributed by atoms with Gasteiger partial charge in [0.15, 0.2) is 0 Å². The van der Waals surface area contributed by atoms with E-state index >= 15 is 0 Å². The molecule has 2 atom stereocenters. The van der Waals surface area contributed by atoms with Gasteiger partial charge in [-0.3, -0.25) is 0 Å². The van der Waals surface area contributed by atoms with Crippen molar-refractivity contribution >= 4 is 9.24 Å². The number of aliphatic hydroxyl groups excluding tert-OH is 3. The third-order valence-electron chi connectivity index (χ3n) is 1.93. The van der Waals surface area contributed by atoms with E-state index in [0.29, 0.717) is 12.8 Å². The van der Waals surface area contributed by atoms with Crippen LogP contribution in [0.25, 0.3) is 0 Å². The summed E-state index contributed by atoms with van der Waals surface area (Å²) in [5.74, 6) is 0. The van der Waals surface area contributed by atoms with E-state index in [1.165, 1.54) is 0 Å². The summed E-state index contributed by atoms with van der Waals surface area (Å²) in [5, 5.41) is 25.7. The molecule has 0 spiro atoms. The first-order valence-corrected chi connectivity index (χ1v) is 5.74. The van der Waals surface area contributed by atoms with Gasteiger partial charge < -0.3 is 15.3 Å². The molecule has 4 heteroatoms. The highest BCUT2D eigenvalue weighted by molar-refractivity contribution is 7.17. The lowest BCUT2D eigenvalue weighted by molar-refractivity contribution is 0.470. The van der Waals surface area contributed by atoms with Crippen LogP contribution in [-0.4, -0.2) is 21.0 Å². The van der Waals surface area contributed by atoms with Crippen LogP contribution in [0, 0.1) is 0 Å². The van der Waals surface area contributed by atoms with Crippen molar-refractivity contribution in [3.63, 3.8) is 0 Å². The lowest BCUT2D eigenvalue weighted by Crippen LogP contribution is -1.93. The predicted octanol–water partition coefficient (Wildman–Crippen LogP) is 3.54. The van der Waals surface area contributed by atoms with Crippen molar-refractivity contribution in [2.45, 2.75) is 24.9 Å². The summed E-state index contributed by atoms with van der Waals surface area (Å²) in [6, 6.07) is 0. The van der Waals surface area contributed by atoms with Crippen LogP contribution >= 0.6 is 9.24 Å². The predicted molar refractivity (Wildman–Crippen MR) is 70.7 cm³/mol. The summed E-state index contributed by atoms with van der Waals surface area (Å²) >= 11 is 0. The van der Waals surface area contributed by atoms with Gasteiger partial charge in [0.2, 0.25) is 0 Å². The molecule has 90 valence electrons. The topological polar surface area (TPSA) is 60.7 Å². The summed E-state index contributed by atoms with van der Waals surface area (Å²) < 4.78 is 0. The molecule has 16 heavy (non-hydrogen) atoms. The maximum Gasteiger partial charge on any atom is 0.0755 e. The quantitative estimate of drug-likeness (QED) is 0.363. The van der Waals surface area contributed by atoms with E-state index < -0.39 is 0 Å². The first-order chi connectivity index (χ1) is 7.74. The smallest absolute Gasteiger partial charge is 0.0755 e. The summed E-state index contributed by atoms with van der Waals surface area (Å²) in [6.45, 7) is 0. The molecule has 0 bridgehead atoms. The van der Waals surface area contributed by atoms with Gasteiger partial charge in [0.25, 0.3) is 0 Å². The molecule has 0 aromatic carbocycles. The van der Waals surface area contributed by atoms with Crippen molar-refractivity contribution < 1.29 is 15.3 Å². The minimum absolute atomic E-state index is 0.234. The molecule has 0 aliphatic rings. The molecule has 3 N–H and O–H groups in total. The molecule has 0 radical (unpaired) electrons. The van der Waals surface area contributed by atoms with Crippen LogP contribution in [-0.2, 0) is 0 Å². The normalized spacial score (nSPS) is 13.8. The number of aliphatic hydroxyl groups is 3. The first kappa shape index (κ1) is 14.8. The van der Waals surface area contributed by atoms with Crippen LogP contribution in [0.1, 0.15) is 19.3 Å². The van der Waals surface area contributed by atoms with E-state index in [-0.39, 0.29) is 5.66 Å². The zero-order chi connectivity index (χ0) is 12.2. The molecule has 3 nitrogen and oxygen atoms in total. The van der Waals surface area contributed by atoms with Gasteiger partial charge >= 0.3 is 0 Å². The fourth-order valence-corrected chi connectivity index (χ4v) is 1.65. The molecule has 0 aliphatic heterocycles. The number of rotatable bonds is 7. The van der Waals surface area contributed by atoms with Gasteiger partial charge in [0, 0.05) is 0 Å². The van der Waals surface area contributed by atoms with Crippen LogP contribution in [0.15, 0.2) is 48.7 Å². The van der Waals surface area contributed by atoms with Gasteiger partial charge in [-0.15, -0.1) is 9.24 Å². The largest absolute Gasteiger partial charge is 0.516 e. The fourth-order valence-electron chi connectivity index (χ4n) is 1.22. The van der Waals surface area contributed by atoms with Crippen molar-refractivity contribution in [2.24, 2.45) is 0 Å². The Kier molecular flexibility index (Phi) is 9.53. The second-order valence-corrected chi connectivity index (χ2v) is 4.14. The molecule has 2 unspecified atom stereocenters. The number of allylic oxidation sites excluding steroid dienone is 5. The Morgan fingerprint density at radius 1 is 0.938 bits per heavy atom. The zero-order valence-electron chi connectivity index (χ0n) is 9.16. The van der Waals surface area contributed by atoms with Crippen LogP contribution in [0.4, 0.5) is 0 Å². The zero-order valence-corrected chi connectivity index (χ0v) is 10.3. The fraction of sp³-hybridized carbons (Fsp3) is 0.333. The van der Waals surface area contributed by atoms with Crippen LogP contribution in [0.3, 0.4) is 0 Å². The third kappa shape index (κ3) is 8.13. The van der Waals surface area contributed by atoms with Crippen LogP contribution in [0.2, 0.25) is 0 Å². The Balaban J connectivity index is 4.39. The lowest BCUT2D eigenvalue weighted by Gasteiger charge is -2.06. The van der Waals surface area contributed by atoms with Gasteiger partial charge in [-0.2, -0.15) is 0 Å². The van der Waals surface area contributed by atoms with Crippen molar-refractivity contribution in [1.82, 2.24) is 0 Å². The molecule has 0 amide bonds. The molecule has 0 saturated heterocycles. The van der Waals surface area contributed by atoms with E-state index in [4.69, 9.17) is 15.3 Å². The molecule has 0 rings (SSSR count). The van der Waals surface area contributed by atoms with E-state index in [2.05, 4.69) is 9.24 Å². The second kappa shape index (κ2) is 10.3. The molecular weight excluding hydrogens is 223 g/mol. The van der Waals surface area contributed by atoms with Crippen molar-refractivity contribution in [3.8, 4) is 0 Å². The summed E-state index contributed by atoms with van der Waals surface area (Å²) in [6.07, 6.45) is 12.1. The van der Waals surface area contributed by atoms with Gasteiger partial charge in [-0.25, -0.2) is 0 Å². The summed E-state index contributed by atoms with van der Waals surface area (Å²) in [5.41, 5.74) is 1.33. The average molecular weight is 242 g/mol. The van der Waals surface area contributed by atoms with E-state index in [1.54, 1.807) is 18.2 Å². The summed E-state index contributed by atoms with van der Waals surface area (Å²) in [4.78, 5) is 0. The maximum atomic E-state index is 8.59. The molecule has 0 aromatic heterocycles. The number of hydrogen-bond donors (Lipinski definition) is 3. The van der Waals surface area contributed by atoms with E-state index in [0.717, 1.165) is 30.8 Å². The third-order valence-corrected chi connectivity index (χ3v) is 2.40. The Hall–Kier alpha value is -1.21. The van der Waals surface area contributed by atoms with Gasteiger partial charge in [0.1, 0.15) is 0 Å². The van der Waals surface area contributed by atoms with Gasteiger partial charge in [-0.05, 0) is 43.1 Å². The minimum Gasteiger partial charge on any atom is -0.516 e. The Morgan fingerprint density at radius 2 is 1.44 bits per heavy atom. The first-order valence-electron chi connectivity index (χ1n) is 5.07. The van der Waals surface area contributed by atoms with E-state index in [1.807, 2.05) is 6.08 Å². The SMILES string of the molecule is OC=CCC(=CC(P)CC=CO)CC=CO. The van der Waals surface area contributed by atoms with Crippen molar-refractivity contribution in [3.05, 3.63) is 48.7 Å². The minimum atomic E-state index is 0.234. The van der Waals surface area contributed by atoms with Crippen LogP contribution in [0.5, 0.6) is 0 Å². The molecule has 0 fully saturated rings. The Labute approximate surface area is 98.7 Å². The molecular formula is C12H19O3P. The molecule has 0 aliphatic carbocycles. The average Bonchev–Trinajstić information content (AvgIpc) is 2.30. The Bertz CT molecular complexity index is 264. The molecule has 0 heterocycles. The highest BCUT2D eigenvalue weighted by Gasteiger charge is 1.99. The molecule has 0 saturated carbocycles. The highest BCUT2D eigenvalue weighted by atomic mass is 31.0. The monoisotopic (exact) mass is 242 g/mol. The van der Waals surface area contributed by atoms with Crippen LogP contribution < -0.4 is 0 Å². The van der Waals surface area contributed by atoms with Gasteiger partial charge in [-0.1, -0.05) is 11.6 Å². The lowest BCUT2D eigenvalue weighted by atomic mass is 10.1. The van der Waals surface area contributed by atoms with Crippen molar-refractivity contribution in [1.29, 1.82) is 0 Å². The standard InChI is InChI=1S/C12H19O3P/c13-7-1-4-11(5-2-8-14)10-12(16)6-3-9-15/h1-3,7-10,12-15H,4-6,16H2.